The first-order valence-electron chi connectivity index (χ1n) is 10.3. The van der Waals surface area contributed by atoms with Gasteiger partial charge >= 0.3 is 0 Å². The van der Waals surface area contributed by atoms with E-state index in [2.05, 4.69) is 59.0 Å². The fraction of sp³-hybridized carbons (Fsp3) is 0.375. The van der Waals surface area contributed by atoms with E-state index in [0.29, 0.717) is 12.6 Å². The van der Waals surface area contributed by atoms with Crippen molar-refractivity contribution in [2.75, 3.05) is 13.1 Å². The Labute approximate surface area is 167 Å². The topological polar surface area (TPSA) is 37.3 Å². The van der Waals surface area contributed by atoms with E-state index >= 15 is 0 Å². The predicted octanol–water partition coefficient (Wildman–Crippen LogP) is 4.30. The predicted molar refractivity (Wildman–Crippen MR) is 115 cm³/mol. The van der Waals surface area contributed by atoms with Gasteiger partial charge in [-0.15, -0.1) is 0 Å². The summed E-state index contributed by atoms with van der Waals surface area (Å²) in [6, 6.07) is 21.6. The number of benzene rings is 2. The van der Waals surface area contributed by atoms with Crippen LogP contribution < -0.4 is 5.32 Å². The van der Waals surface area contributed by atoms with Crippen molar-refractivity contribution >= 4 is 16.8 Å². The molecule has 4 heteroatoms. The number of rotatable bonds is 5. The number of likely N-dealkylation sites (tertiary alicyclic amines) is 1. The molecule has 1 saturated heterocycles. The lowest BCUT2D eigenvalue weighted by Crippen LogP contribution is -2.47. The molecule has 0 radical (unpaired) electrons. The summed E-state index contributed by atoms with van der Waals surface area (Å²) in [6.07, 6.45) is 2.06. The minimum atomic E-state index is 0.0986. The van der Waals surface area contributed by atoms with Gasteiger partial charge in [0.1, 0.15) is 6.54 Å². The summed E-state index contributed by atoms with van der Waals surface area (Å²) in [5.74, 6) is 0.0986. The molecule has 146 valence electrons. The molecule has 0 bridgehead atoms. The zero-order valence-electron chi connectivity index (χ0n) is 16.8. The molecule has 28 heavy (non-hydrogen) atoms. The number of carbonyl (C=O) groups is 1. The summed E-state index contributed by atoms with van der Waals surface area (Å²) in [5, 5.41) is 4.44. The minimum absolute atomic E-state index is 0.0986. The van der Waals surface area contributed by atoms with Crippen LogP contribution in [0.2, 0.25) is 0 Å². The van der Waals surface area contributed by atoms with Crippen LogP contribution in [0, 0.1) is 0 Å². The molecule has 1 fully saturated rings. The number of nitrogens with zero attached hydrogens (tertiary/aromatic N) is 2. The van der Waals surface area contributed by atoms with Gasteiger partial charge in [0.05, 0.1) is 0 Å². The fourth-order valence-electron chi connectivity index (χ4n) is 4.21. The van der Waals surface area contributed by atoms with Crippen molar-refractivity contribution in [3.8, 4) is 11.3 Å². The number of para-hydroxylation sites is 1. The third-order valence-corrected chi connectivity index (χ3v) is 5.81. The highest BCUT2D eigenvalue weighted by molar-refractivity contribution is 5.89. The smallest absolute Gasteiger partial charge is 0.240 e. The Balaban J connectivity index is 1.52. The molecule has 1 aromatic heterocycles. The lowest BCUT2D eigenvalue weighted by atomic mass is 10.0. The Kier molecular flexibility index (Phi) is 5.49. The highest BCUT2D eigenvalue weighted by Crippen LogP contribution is 2.28. The highest BCUT2D eigenvalue weighted by atomic mass is 16.2. The van der Waals surface area contributed by atoms with Gasteiger partial charge in [-0.25, -0.2) is 0 Å². The maximum atomic E-state index is 12.9. The Morgan fingerprint density at radius 2 is 1.71 bits per heavy atom. The molecule has 4 nitrogen and oxygen atoms in total. The molecule has 0 aliphatic carbocycles. The largest absolute Gasteiger partial charge is 0.352 e. The number of fused-ring (bicyclic) bond motifs is 1. The number of hydrogen-bond acceptors (Lipinski definition) is 2. The average Bonchev–Trinajstić information content (AvgIpc) is 3.07. The Hall–Kier alpha value is -2.59. The molecule has 0 saturated carbocycles. The summed E-state index contributed by atoms with van der Waals surface area (Å²) in [7, 11) is 0. The molecular formula is C24H29N3O. The monoisotopic (exact) mass is 375 g/mol. The van der Waals surface area contributed by atoms with Crippen molar-refractivity contribution in [1.82, 2.24) is 14.8 Å². The Morgan fingerprint density at radius 1 is 1.04 bits per heavy atom. The van der Waals surface area contributed by atoms with Crippen molar-refractivity contribution in [3.63, 3.8) is 0 Å². The molecule has 0 spiro atoms. The van der Waals surface area contributed by atoms with E-state index in [1.165, 1.54) is 5.39 Å². The number of aromatic nitrogens is 1. The molecule has 2 heterocycles. The van der Waals surface area contributed by atoms with Crippen LogP contribution in [0.3, 0.4) is 0 Å². The molecule has 1 aliphatic heterocycles. The molecule has 1 aliphatic rings. The normalized spacial score (nSPS) is 16.0. The van der Waals surface area contributed by atoms with Crippen LogP contribution in [0.1, 0.15) is 26.7 Å². The second-order valence-electron chi connectivity index (χ2n) is 8.01. The zero-order chi connectivity index (χ0) is 19.5. The maximum Gasteiger partial charge on any atom is 0.240 e. The van der Waals surface area contributed by atoms with Gasteiger partial charge in [0.15, 0.2) is 0 Å². The second kappa shape index (κ2) is 8.19. The molecular weight excluding hydrogens is 346 g/mol. The van der Waals surface area contributed by atoms with Gasteiger partial charge in [0, 0.05) is 41.8 Å². The summed E-state index contributed by atoms with van der Waals surface area (Å²) < 4.78 is 2.14. The van der Waals surface area contributed by atoms with E-state index in [4.69, 9.17) is 0 Å². The Bertz CT molecular complexity index is 937. The van der Waals surface area contributed by atoms with Crippen molar-refractivity contribution in [3.05, 3.63) is 60.7 Å². The molecule has 3 aromatic rings. The van der Waals surface area contributed by atoms with E-state index in [-0.39, 0.29) is 11.9 Å². The average molecular weight is 376 g/mol. The quantitative estimate of drug-likeness (QED) is 0.722. The van der Waals surface area contributed by atoms with Crippen LogP contribution in [-0.4, -0.2) is 40.5 Å². The van der Waals surface area contributed by atoms with Crippen molar-refractivity contribution in [2.24, 2.45) is 0 Å². The second-order valence-corrected chi connectivity index (χ2v) is 8.01. The van der Waals surface area contributed by atoms with Crippen LogP contribution in [0.4, 0.5) is 0 Å². The van der Waals surface area contributed by atoms with Crippen LogP contribution in [0.25, 0.3) is 22.2 Å². The van der Waals surface area contributed by atoms with Crippen molar-refractivity contribution < 1.29 is 4.79 Å². The van der Waals surface area contributed by atoms with E-state index < -0.39 is 0 Å². The Morgan fingerprint density at radius 3 is 2.43 bits per heavy atom. The molecule has 0 unspecified atom stereocenters. The van der Waals surface area contributed by atoms with Gasteiger partial charge in [-0.3, -0.25) is 4.79 Å². The van der Waals surface area contributed by atoms with E-state index in [0.717, 1.165) is 42.7 Å². The first kappa shape index (κ1) is 18.8. The number of carbonyl (C=O) groups excluding carboxylic acids is 1. The SMILES string of the molecule is CC(C)N1CCC(NC(=O)Cn2c(-c3ccccc3)cc3ccccc32)CC1. The third kappa shape index (κ3) is 3.97. The van der Waals surface area contributed by atoms with Gasteiger partial charge in [-0.05, 0) is 44.4 Å². The lowest BCUT2D eigenvalue weighted by Gasteiger charge is -2.34. The van der Waals surface area contributed by atoms with E-state index in [1.807, 2.05) is 30.3 Å². The molecule has 4 rings (SSSR count). The first-order valence-corrected chi connectivity index (χ1v) is 10.3. The summed E-state index contributed by atoms with van der Waals surface area (Å²) in [4.78, 5) is 15.4. The minimum Gasteiger partial charge on any atom is -0.352 e. The summed E-state index contributed by atoms with van der Waals surface area (Å²) in [5.41, 5.74) is 3.33. The number of piperidine rings is 1. The number of hydrogen-bond donors (Lipinski definition) is 1. The summed E-state index contributed by atoms with van der Waals surface area (Å²) in [6.45, 7) is 6.94. The van der Waals surface area contributed by atoms with Crippen LogP contribution >= 0.6 is 0 Å². The van der Waals surface area contributed by atoms with Crippen LogP contribution in [-0.2, 0) is 11.3 Å². The molecule has 0 atom stereocenters. The third-order valence-electron chi connectivity index (χ3n) is 5.81. The van der Waals surface area contributed by atoms with Crippen LogP contribution in [0.15, 0.2) is 60.7 Å². The molecule has 2 aromatic carbocycles. The first-order chi connectivity index (χ1) is 13.6. The lowest BCUT2D eigenvalue weighted by molar-refractivity contribution is -0.122. The number of amides is 1. The molecule has 1 N–H and O–H groups in total. The van der Waals surface area contributed by atoms with E-state index in [1.54, 1.807) is 0 Å². The van der Waals surface area contributed by atoms with Gasteiger partial charge < -0.3 is 14.8 Å². The number of nitrogens with one attached hydrogen (secondary N) is 1. The summed E-state index contributed by atoms with van der Waals surface area (Å²) >= 11 is 0. The standard InChI is InChI=1S/C24H29N3O/c1-18(2)26-14-12-21(13-15-26)25-24(28)17-27-22-11-7-6-10-20(22)16-23(27)19-8-4-3-5-9-19/h3-11,16,18,21H,12-15,17H2,1-2H3,(H,25,28). The fourth-order valence-corrected chi connectivity index (χ4v) is 4.21. The van der Waals surface area contributed by atoms with E-state index in [9.17, 15) is 4.79 Å². The van der Waals surface area contributed by atoms with Crippen molar-refractivity contribution in [2.45, 2.75) is 45.3 Å². The highest BCUT2D eigenvalue weighted by Gasteiger charge is 2.22. The van der Waals surface area contributed by atoms with Crippen molar-refractivity contribution in [1.29, 1.82) is 0 Å². The molecule has 1 amide bonds. The van der Waals surface area contributed by atoms with Crippen LogP contribution in [0.5, 0.6) is 0 Å². The van der Waals surface area contributed by atoms with Gasteiger partial charge in [-0.2, -0.15) is 0 Å². The van der Waals surface area contributed by atoms with Gasteiger partial charge in [0.25, 0.3) is 0 Å². The van der Waals surface area contributed by atoms with Gasteiger partial charge in [-0.1, -0.05) is 48.5 Å². The van der Waals surface area contributed by atoms with Gasteiger partial charge in [0.2, 0.25) is 5.91 Å². The zero-order valence-corrected chi connectivity index (χ0v) is 16.8. The maximum absolute atomic E-state index is 12.9.